The van der Waals surface area contributed by atoms with Crippen LogP contribution in [0.3, 0.4) is 0 Å². The summed E-state index contributed by atoms with van der Waals surface area (Å²) in [5.74, 6) is -1.08. The molecule has 4 fully saturated rings. The third-order valence-corrected chi connectivity index (χ3v) is 8.25. The van der Waals surface area contributed by atoms with Gasteiger partial charge in [-0.05, 0) is 82.1 Å². The number of anilines is 1. The molecule has 1 aromatic rings. The number of imide groups is 1. The molecule has 35 heavy (non-hydrogen) atoms. The Bertz CT molecular complexity index is 986. The molecule has 3 heterocycles. The zero-order valence-corrected chi connectivity index (χ0v) is 20.6. The van der Waals surface area contributed by atoms with Crippen molar-refractivity contribution in [3.63, 3.8) is 0 Å². The van der Waals surface area contributed by atoms with E-state index in [0.717, 1.165) is 19.3 Å². The summed E-state index contributed by atoms with van der Waals surface area (Å²) in [7, 11) is 0. The molecule has 5 rings (SSSR count). The number of hydrogen-bond donors (Lipinski definition) is 1. The van der Waals surface area contributed by atoms with Gasteiger partial charge in [-0.1, -0.05) is 6.92 Å². The maximum atomic E-state index is 13.5. The van der Waals surface area contributed by atoms with E-state index in [1.807, 2.05) is 20.8 Å². The first-order valence-electron chi connectivity index (χ1n) is 12.7. The first-order chi connectivity index (χ1) is 16.6. The molecule has 7 atom stereocenters. The number of aromatic hydroxyl groups is 1. The number of hydrogen-bond acceptors (Lipinski definition) is 7. The summed E-state index contributed by atoms with van der Waals surface area (Å²) in [4.78, 5) is 40.8. The summed E-state index contributed by atoms with van der Waals surface area (Å²) >= 11 is 0. The van der Waals surface area contributed by atoms with Gasteiger partial charge in [-0.15, -0.1) is 0 Å². The van der Waals surface area contributed by atoms with E-state index < -0.39 is 17.3 Å². The number of carbonyl (C=O) groups excluding carboxylic acids is 3. The molecule has 0 bridgehead atoms. The fraction of sp³-hybridized carbons (Fsp3) is 0.667. The van der Waals surface area contributed by atoms with Crippen molar-refractivity contribution in [2.24, 2.45) is 29.1 Å². The van der Waals surface area contributed by atoms with E-state index in [2.05, 4.69) is 0 Å². The number of benzene rings is 1. The van der Waals surface area contributed by atoms with Gasteiger partial charge in [0.15, 0.2) is 0 Å². The lowest BCUT2D eigenvalue weighted by atomic mass is 9.68. The van der Waals surface area contributed by atoms with Crippen molar-refractivity contribution in [1.82, 2.24) is 0 Å². The Morgan fingerprint density at radius 2 is 1.89 bits per heavy atom. The highest BCUT2D eigenvalue weighted by molar-refractivity contribution is 6.21. The molecular weight excluding hydrogens is 450 g/mol. The zero-order chi connectivity index (χ0) is 24.9. The van der Waals surface area contributed by atoms with Crippen LogP contribution in [0.1, 0.15) is 52.9 Å². The second-order valence-electron chi connectivity index (χ2n) is 11.3. The smallest absolute Gasteiger partial charge is 0.311 e. The van der Waals surface area contributed by atoms with E-state index in [9.17, 15) is 19.5 Å². The van der Waals surface area contributed by atoms with E-state index >= 15 is 0 Å². The van der Waals surface area contributed by atoms with Gasteiger partial charge < -0.3 is 19.3 Å². The van der Waals surface area contributed by atoms with Crippen molar-refractivity contribution in [1.29, 1.82) is 0 Å². The Morgan fingerprint density at radius 3 is 2.54 bits per heavy atom. The van der Waals surface area contributed by atoms with E-state index in [1.165, 1.54) is 17.0 Å². The fourth-order valence-corrected chi connectivity index (χ4v) is 5.92. The molecule has 3 aliphatic heterocycles. The van der Waals surface area contributed by atoms with E-state index in [-0.39, 0.29) is 48.3 Å². The highest BCUT2D eigenvalue weighted by Gasteiger charge is 2.51. The van der Waals surface area contributed by atoms with Crippen molar-refractivity contribution in [2.75, 3.05) is 18.1 Å². The summed E-state index contributed by atoms with van der Waals surface area (Å²) in [6.07, 6.45) is 4.73. The lowest BCUT2D eigenvalue weighted by molar-refractivity contribution is -0.156. The minimum atomic E-state index is -0.716. The average molecular weight is 486 g/mol. The molecule has 1 aliphatic carbocycles. The summed E-state index contributed by atoms with van der Waals surface area (Å²) in [5, 5.41) is 9.60. The number of amides is 2. The van der Waals surface area contributed by atoms with Crippen molar-refractivity contribution < 1.29 is 33.7 Å². The number of esters is 1. The number of nitrogens with zero attached hydrogens (tertiary/aromatic N) is 1. The Morgan fingerprint density at radius 1 is 1.17 bits per heavy atom. The van der Waals surface area contributed by atoms with Crippen LogP contribution in [-0.2, 0) is 28.6 Å². The van der Waals surface area contributed by atoms with Crippen LogP contribution in [0.15, 0.2) is 24.3 Å². The number of fused-ring (bicyclic) bond motifs is 1. The Labute approximate surface area is 205 Å². The van der Waals surface area contributed by atoms with Crippen LogP contribution in [0.5, 0.6) is 5.75 Å². The molecule has 7 unspecified atom stereocenters. The molecule has 1 N–H and O–H groups in total. The number of carbonyl (C=O) groups is 3. The Kier molecular flexibility index (Phi) is 6.38. The Hall–Kier alpha value is -2.45. The van der Waals surface area contributed by atoms with Gasteiger partial charge in [0, 0.05) is 5.92 Å². The summed E-state index contributed by atoms with van der Waals surface area (Å²) in [6, 6.07) is 6.13. The summed E-state index contributed by atoms with van der Waals surface area (Å²) in [6.45, 7) is 6.54. The highest BCUT2D eigenvalue weighted by Crippen LogP contribution is 2.48. The van der Waals surface area contributed by atoms with Crippen LogP contribution >= 0.6 is 0 Å². The second kappa shape index (κ2) is 9.21. The maximum absolute atomic E-state index is 13.5. The van der Waals surface area contributed by atoms with Gasteiger partial charge in [-0.25, -0.2) is 0 Å². The zero-order valence-electron chi connectivity index (χ0n) is 20.6. The monoisotopic (exact) mass is 485 g/mol. The normalized spacial score (nSPS) is 32.8. The average Bonchev–Trinajstić information content (AvgIpc) is 3.74. The van der Waals surface area contributed by atoms with Gasteiger partial charge >= 0.3 is 5.97 Å². The highest BCUT2D eigenvalue weighted by atomic mass is 16.6. The van der Waals surface area contributed by atoms with Crippen LogP contribution in [0.2, 0.25) is 0 Å². The quantitative estimate of drug-likeness (QED) is 0.324. The molecular formula is C27H35NO7. The van der Waals surface area contributed by atoms with Crippen molar-refractivity contribution >= 4 is 23.5 Å². The fourth-order valence-electron chi connectivity index (χ4n) is 5.92. The lowest BCUT2D eigenvalue weighted by Gasteiger charge is -2.35. The van der Waals surface area contributed by atoms with Crippen LogP contribution in [0.25, 0.3) is 0 Å². The van der Waals surface area contributed by atoms with Gasteiger partial charge in [0.25, 0.3) is 0 Å². The van der Waals surface area contributed by atoms with Crippen LogP contribution in [0, 0.1) is 29.1 Å². The third kappa shape index (κ3) is 5.09. The number of phenols is 1. The molecule has 1 saturated carbocycles. The van der Waals surface area contributed by atoms with Gasteiger partial charge in [-0.3, -0.25) is 19.3 Å². The van der Waals surface area contributed by atoms with Crippen molar-refractivity contribution in [2.45, 2.75) is 71.2 Å². The second-order valence-corrected chi connectivity index (χ2v) is 11.3. The number of rotatable bonds is 9. The molecule has 3 saturated heterocycles. The standard InChI is InChI=1S/C27H35NO7/c1-15-21(25(31)28(24(15)30)18-5-7-19(29)8-6-18)10-17(16-4-9-22-23(11-16)35-22)12-27(2,3)26(32)34-14-20-13-33-20/h5-8,15-17,20-23,29H,4,9-14H2,1-3H3. The molecule has 0 radical (unpaired) electrons. The van der Waals surface area contributed by atoms with Gasteiger partial charge in [0.05, 0.1) is 35.8 Å². The number of ether oxygens (including phenoxy) is 3. The summed E-state index contributed by atoms with van der Waals surface area (Å²) < 4.78 is 16.5. The molecule has 2 amide bonds. The predicted molar refractivity (Wildman–Crippen MR) is 126 cm³/mol. The number of phenolic OH excluding ortho intramolecular Hbond substituents is 1. The SMILES string of the molecule is CC1C(=O)N(c2ccc(O)cc2)C(=O)C1CC(CC(C)(C)C(=O)OCC1CO1)C1CCC2OC2C1. The van der Waals surface area contributed by atoms with E-state index in [0.29, 0.717) is 37.2 Å². The molecule has 1 aromatic carbocycles. The number of epoxide rings is 2. The molecule has 0 aromatic heterocycles. The van der Waals surface area contributed by atoms with Crippen molar-refractivity contribution in [3.8, 4) is 5.75 Å². The van der Waals surface area contributed by atoms with Gasteiger partial charge in [0.2, 0.25) is 11.8 Å². The van der Waals surface area contributed by atoms with Crippen LogP contribution in [-0.4, -0.2) is 54.4 Å². The molecule has 0 spiro atoms. The summed E-state index contributed by atoms with van der Waals surface area (Å²) in [5.41, 5.74) is -0.242. The first-order valence-corrected chi connectivity index (χ1v) is 12.7. The largest absolute Gasteiger partial charge is 0.508 e. The Balaban J connectivity index is 1.33. The van der Waals surface area contributed by atoms with Crippen LogP contribution < -0.4 is 4.90 Å². The minimum absolute atomic E-state index is 0.0155. The van der Waals surface area contributed by atoms with Gasteiger partial charge in [-0.2, -0.15) is 0 Å². The van der Waals surface area contributed by atoms with Gasteiger partial charge in [0.1, 0.15) is 18.5 Å². The minimum Gasteiger partial charge on any atom is -0.508 e. The van der Waals surface area contributed by atoms with Crippen LogP contribution in [0.4, 0.5) is 5.69 Å². The topological polar surface area (TPSA) is 109 Å². The van der Waals surface area contributed by atoms with E-state index in [4.69, 9.17) is 14.2 Å². The van der Waals surface area contributed by atoms with E-state index in [1.54, 1.807) is 12.1 Å². The maximum Gasteiger partial charge on any atom is 0.311 e. The first kappa shape index (κ1) is 24.3. The molecule has 4 aliphatic rings. The molecule has 8 heteroatoms. The van der Waals surface area contributed by atoms with Crippen molar-refractivity contribution in [3.05, 3.63) is 24.3 Å². The lowest BCUT2D eigenvalue weighted by Crippen LogP contribution is -2.36. The predicted octanol–water partition coefficient (Wildman–Crippen LogP) is 3.45. The molecule has 190 valence electrons. The molecule has 8 nitrogen and oxygen atoms in total. The third-order valence-electron chi connectivity index (χ3n) is 8.25.